The molecule has 10 nitrogen and oxygen atoms in total. The first kappa shape index (κ1) is 25.1. The van der Waals surface area contributed by atoms with Gasteiger partial charge in [0.1, 0.15) is 12.7 Å². The van der Waals surface area contributed by atoms with E-state index in [1.165, 1.54) is 0 Å². The van der Waals surface area contributed by atoms with Crippen LogP contribution in [-0.4, -0.2) is 61.1 Å². The van der Waals surface area contributed by atoms with Gasteiger partial charge in [-0.1, -0.05) is 19.1 Å². The van der Waals surface area contributed by atoms with E-state index in [4.69, 9.17) is 14.4 Å². The van der Waals surface area contributed by atoms with Gasteiger partial charge in [0.25, 0.3) is 0 Å². The van der Waals surface area contributed by atoms with E-state index in [9.17, 15) is 19.3 Å². The van der Waals surface area contributed by atoms with E-state index < -0.39 is 19.8 Å². The summed E-state index contributed by atoms with van der Waals surface area (Å²) in [6.07, 6.45) is -0.670. The minimum Gasteiger partial charge on any atom is -0.445 e. The van der Waals surface area contributed by atoms with E-state index in [2.05, 4.69) is 15.2 Å². The van der Waals surface area contributed by atoms with Crippen LogP contribution in [0.15, 0.2) is 24.3 Å². The predicted octanol–water partition coefficient (Wildman–Crippen LogP) is 1.86. The highest BCUT2D eigenvalue weighted by Gasteiger charge is 2.13. The average Bonchev–Trinajstić information content (AvgIpc) is 2.67. The fourth-order valence-corrected chi connectivity index (χ4v) is 2.44. The van der Waals surface area contributed by atoms with Crippen LogP contribution >= 0.6 is 7.60 Å². The third kappa shape index (κ3) is 13.0. The van der Waals surface area contributed by atoms with Crippen LogP contribution in [0.1, 0.15) is 25.3 Å². The summed E-state index contributed by atoms with van der Waals surface area (Å²) in [5.41, 5.74) is 1.47. The van der Waals surface area contributed by atoms with Crippen molar-refractivity contribution in [2.45, 2.75) is 32.5 Å². The minimum atomic E-state index is -3.61. The molecule has 1 rings (SSSR count). The third-order valence-electron chi connectivity index (χ3n) is 3.48. The quantitative estimate of drug-likeness (QED) is 0.273. The number of aliphatic hydroxyl groups is 1. The highest BCUT2D eigenvalue weighted by molar-refractivity contribution is 7.51. The number of alkyl carbamates (subject to hydrolysis) is 1. The van der Waals surface area contributed by atoms with Gasteiger partial charge in [-0.05, 0) is 24.1 Å². The molecule has 2 unspecified atom stereocenters. The molecule has 2 atom stereocenters. The molecule has 29 heavy (non-hydrogen) atoms. The van der Waals surface area contributed by atoms with Gasteiger partial charge in [0.05, 0.1) is 13.2 Å². The second-order valence-electron chi connectivity index (χ2n) is 6.28. The molecule has 0 saturated carbocycles. The number of rotatable bonds is 13. The molecule has 4 N–H and O–H groups in total. The predicted molar refractivity (Wildman–Crippen MR) is 107 cm³/mol. The van der Waals surface area contributed by atoms with Crippen molar-refractivity contribution in [1.29, 1.82) is 0 Å². The first-order valence-corrected chi connectivity index (χ1v) is 11.2. The largest absolute Gasteiger partial charge is 0.445 e. The van der Waals surface area contributed by atoms with Gasteiger partial charge >= 0.3 is 13.7 Å². The lowest BCUT2D eigenvalue weighted by molar-refractivity contribution is -0.115. The summed E-state index contributed by atoms with van der Waals surface area (Å²) < 4.78 is 25.8. The Morgan fingerprint density at radius 3 is 2.52 bits per heavy atom. The van der Waals surface area contributed by atoms with Crippen molar-refractivity contribution in [1.82, 2.24) is 5.32 Å². The Bertz CT molecular complexity index is 677. The van der Waals surface area contributed by atoms with Crippen molar-refractivity contribution in [3.05, 3.63) is 29.8 Å². The van der Waals surface area contributed by atoms with Gasteiger partial charge in [-0.25, -0.2) is 4.79 Å². The lowest BCUT2D eigenvalue weighted by atomic mass is 10.2. The first-order chi connectivity index (χ1) is 13.7. The van der Waals surface area contributed by atoms with Crippen LogP contribution < -0.4 is 10.6 Å². The number of aliphatic hydroxyl groups excluding tert-OH is 1. The van der Waals surface area contributed by atoms with Crippen molar-refractivity contribution in [2.75, 3.05) is 38.3 Å². The van der Waals surface area contributed by atoms with Gasteiger partial charge in [-0.15, -0.1) is 0 Å². The number of hydrogen-bond acceptors (Lipinski definition) is 7. The zero-order valence-electron chi connectivity index (χ0n) is 16.6. The summed E-state index contributed by atoms with van der Waals surface area (Å²) in [5, 5.41) is 14.8. The maximum Gasteiger partial charge on any atom is 0.407 e. The fourth-order valence-electron chi connectivity index (χ4n) is 1.99. The summed E-state index contributed by atoms with van der Waals surface area (Å²) >= 11 is 0. The molecule has 0 aromatic heterocycles. The first-order valence-electron chi connectivity index (χ1n) is 9.19. The van der Waals surface area contributed by atoms with Gasteiger partial charge in [-0.3, -0.25) is 9.36 Å². The standard InChI is InChI=1S/C18H29N2O8P/c1-3-17(22)20-15-7-5-14(6-8-15)11-27-18(23)19-9-4-10-26-12-16(21)13-28-29(2,24)25/h5-8,16,21H,3-4,9-13H2,1-2H3,(H,19,23)(H,20,22)(H,24,25). The van der Waals surface area contributed by atoms with Crippen LogP contribution in [0.5, 0.6) is 0 Å². The summed E-state index contributed by atoms with van der Waals surface area (Å²) in [4.78, 5) is 31.9. The van der Waals surface area contributed by atoms with Crippen LogP contribution in [0.3, 0.4) is 0 Å². The van der Waals surface area contributed by atoms with Crippen molar-refractivity contribution >= 4 is 25.3 Å². The van der Waals surface area contributed by atoms with Crippen LogP contribution in [0.4, 0.5) is 10.5 Å². The maximum atomic E-state index is 11.6. The summed E-state index contributed by atoms with van der Waals surface area (Å²) in [5.74, 6) is -0.0721. The molecule has 2 amide bonds. The number of amides is 2. The normalized spacial score (nSPS) is 13.9. The molecule has 0 aliphatic heterocycles. The number of carbonyl (C=O) groups excluding carboxylic acids is 2. The zero-order chi connectivity index (χ0) is 21.7. The molecule has 164 valence electrons. The van der Waals surface area contributed by atoms with Crippen molar-refractivity contribution in [3.63, 3.8) is 0 Å². The molecular formula is C18H29N2O8P. The Morgan fingerprint density at radius 2 is 1.90 bits per heavy atom. The van der Waals surface area contributed by atoms with E-state index in [0.29, 0.717) is 25.1 Å². The van der Waals surface area contributed by atoms with E-state index >= 15 is 0 Å². The Balaban J connectivity index is 2.09. The SMILES string of the molecule is CCC(=O)Nc1ccc(COC(=O)NCCCOCC(O)COP(C)(=O)O)cc1. The Hall–Kier alpha value is -1.97. The van der Waals surface area contributed by atoms with E-state index in [-0.39, 0.29) is 32.3 Å². The second-order valence-corrected chi connectivity index (χ2v) is 8.15. The lowest BCUT2D eigenvalue weighted by Gasteiger charge is -2.13. The lowest BCUT2D eigenvalue weighted by Crippen LogP contribution is -2.27. The highest BCUT2D eigenvalue weighted by Crippen LogP contribution is 2.36. The van der Waals surface area contributed by atoms with Crippen LogP contribution in [0, 0.1) is 0 Å². The Kier molecular flexibility index (Phi) is 11.5. The summed E-state index contributed by atoms with van der Waals surface area (Å²) in [6, 6.07) is 6.99. The third-order valence-corrected chi connectivity index (χ3v) is 4.11. The smallest absolute Gasteiger partial charge is 0.407 e. The molecule has 0 aliphatic carbocycles. The van der Waals surface area contributed by atoms with Gasteiger partial charge in [0, 0.05) is 31.9 Å². The fraction of sp³-hybridized carbons (Fsp3) is 0.556. The van der Waals surface area contributed by atoms with Crippen molar-refractivity contribution < 1.29 is 38.2 Å². The number of hydrogen-bond donors (Lipinski definition) is 4. The Labute approximate surface area is 170 Å². The molecule has 0 heterocycles. The van der Waals surface area contributed by atoms with Gasteiger partial charge in [0.15, 0.2) is 0 Å². The molecule has 0 radical (unpaired) electrons. The Morgan fingerprint density at radius 1 is 1.21 bits per heavy atom. The molecule has 1 aromatic carbocycles. The highest BCUT2D eigenvalue weighted by atomic mass is 31.2. The number of nitrogens with one attached hydrogen (secondary N) is 2. The molecule has 1 aromatic rings. The van der Waals surface area contributed by atoms with Crippen molar-refractivity contribution in [3.8, 4) is 0 Å². The van der Waals surface area contributed by atoms with Gasteiger partial charge in [0.2, 0.25) is 5.91 Å². The summed E-state index contributed by atoms with van der Waals surface area (Å²) in [6.45, 7) is 3.18. The number of anilines is 1. The van der Waals surface area contributed by atoms with Crippen LogP contribution in [-0.2, 0) is 30.0 Å². The molecule has 0 fully saturated rings. The average molecular weight is 432 g/mol. The number of ether oxygens (including phenoxy) is 2. The topological polar surface area (TPSA) is 143 Å². The van der Waals surface area contributed by atoms with E-state index in [1.807, 2.05) is 0 Å². The number of benzene rings is 1. The van der Waals surface area contributed by atoms with Gasteiger partial charge < -0.3 is 34.6 Å². The van der Waals surface area contributed by atoms with E-state index in [0.717, 1.165) is 12.2 Å². The van der Waals surface area contributed by atoms with Gasteiger partial charge in [-0.2, -0.15) is 0 Å². The molecule has 0 spiro atoms. The monoisotopic (exact) mass is 432 g/mol. The van der Waals surface area contributed by atoms with Crippen molar-refractivity contribution in [2.24, 2.45) is 0 Å². The zero-order valence-corrected chi connectivity index (χ0v) is 17.5. The molecule has 0 saturated heterocycles. The molecule has 0 aliphatic rings. The van der Waals surface area contributed by atoms with Crippen LogP contribution in [0.2, 0.25) is 0 Å². The van der Waals surface area contributed by atoms with Crippen LogP contribution in [0.25, 0.3) is 0 Å². The molecule has 11 heteroatoms. The summed E-state index contributed by atoms with van der Waals surface area (Å²) in [7, 11) is -3.61. The molecule has 0 bridgehead atoms. The maximum absolute atomic E-state index is 11.6. The molecular weight excluding hydrogens is 403 g/mol. The van der Waals surface area contributed by atoms with E-state index in [1.54, 1.807) is 31.2 Å². The minimum absolute atomic E-state index is 0.0425. The number of carbonyl (C=O) groups is 2. The second kappa shape index (κ2) is 13.3.